The maximum atomic E-state index is 5.48. The van der Waals surface area contributed by atoms with E-state index in [1.54, 1.807) is 7.11 Å². The summed E-state index contributed by atoms with van der Waals surface area (Å²) in [7, 11) is 1.65. The van der Waals surface area contributed by atoms with Crippen molar-refractivity contribution in [1.29, 1.82) is 0 Å². The van der Waals surface area contributed by atoms with Crippen molar-refractivity contribution in [3.05, 3.63) is 23.6 Å². The largest absolute Gasteiger partial charge is 0.497 e. The molecule has 64 valence electrons. The second kappa shape index (κ2) is 4.83. The van der Waals surface area contributed by atoms with Gasteiger partial charge in [0.1, 0.15) is 5.76 Å². The lowest BCUT2D eigenvalue weighted by atomic mass is 10.2. The summed E-state index contributed by atoms with van der Waals surface area (Å²) in [5.41, 5.74) is 6.25. The van der Waals surface area contributed by atoms with Crippen LogP contribution >= 0.6 is 0 Å². The molecule has 0 aliphatic carbocycles. The predicted octanol–water partition coefficient (Wildman–Crippen LogP) is 2.04. The van der Waals surface area contributed by atoms with Crippen LogP contribution in [-0.2, 0) is 4.74 Å². The molecule has 0 atom stereocenters. The maximum absolute atomic E-state index is 5.48. The van der Waals surface area contributed by atoms with Gasteiger partial charge in [-0.15, -0.1) is 0 Å². The van der Waals surface area contributed by atoms with E-state index >= 15 is 0 Å². The number of ether oxygens (including phenoxy) is 1. The molecule has 0 saturated heterocycles. The minimum Gasteiger partial charge on any atom is -0.497 e. The van der Waals surface area contributed by atoms with Gasteiger partial charge in [0, 0.05) is 5.70 Å². The Morgan fingerprint density at radius 3 is 2.27 bits per heavy atom. The van der Waals surface area contributed by atoms with Crippen molar-refractivity contribution in [2.75, 3.05) is 7.11 Å². The van der Waals surface area contributed by atoms with E-state index in [2.05, 4.69) is 13.8 Å². The third-order valence-electron chi connectivity index (χ3n) is 1.10. The van der Waals surface area contributed by atoms with Gasteiger partial charge < -0.3 is 10.5 Å². The molecule has 0 aromatic rings. The van der Waals surface area contributed by atoms with Crippen molar-refractivity contribution >= 4 is 0 Å². The summed E-state index contributed by atoms with van der Waals surface area (Å²) in [6, 6.07) is 0. The fourth-order valence-electron chi connectivity index (χ4n) is 0.728. The highest BCUT2D eigenvalue weighted by molar-refractivity contribution is 5.15. The van der Waals surface area contributed by atoms with Crippen molar-refractivity contribution in [2.45, 2.75) is 20.8 Å². The van der Waals surface area contributed by atoms with Gasteiger partial charge in [-0.25, -0.2) is 0 Å². The number of nitrogens with two attached hydrogens (primary N) is 1. The number of hydrogen-bond donors (Lipinski definition) is 1. The molecular weight excluding hydrogens is 138 g/mol. The average molecular weight is 155 g/mol. The number of methoxy groups -OCH3 is 1. The lowest BCUT2D eigenvalue weighted by Crippen LogP contribution is -1.94. The van der Waals surface area contributed by atoms with Crippen LogP contribution in [0.3, 0.4) is 0 Å². The number of hydrogen-bond acceptors (Lipinski definition) is 2. The first-order chi connectivity index (χ1) is 5.06. The molecule has 11 heavy (non-hydrogen) atoms. The summed E-state index contributed by atoms with van der Waals surface area (Å²) >= 11 is 0. The molecule has 2 N–H and O–H groups in total. The lowest BCUT2D eigenvalue weighted by Gasteiger charge is -2.02. The molecule has 0 radical (unpaired) electrons. The molecule has 2 heteroatoms. The van der Waals surface area contributed by atoms with Gasteiger partial charge in [-0.2, -0.15) is 0 Å². The second-order valence-corrected chi connectivity index (χ2v) is 2.91. The zero-order chi connectivity index (χ0) is 8.85. The van der Waals surface area contributed by atoms with Gasteiger partial charge in [0.2, 0.25) is 0 Å². The molecule has 0 saturated carbocycles. The first kappa shape index (κ1) is 10.1. The summed E-state index contributed by atoms with van der Waals surface area (Å²) in [5, 5.41) is 0. The Morgan fingerprint density at radius 1 is 1.45 bits per heavy atom. The molecule has 0 fully saturated rings. The molecule has 0 spiro atoms. The third-order valence-corrected chi connectivity index (χ3v) is 1.10. The number of rotatable bonds is 3. The first-order valence-electron chi connectivity index (χ1n) is 3.76. The monoisotopic (exact) mass is 155 g/mol. The minimum atomic E-state index is 0.487. The fraction of sp³-hybridized carbons (Fsp3) is 0.556. The van der Waals surface area contributed by atoms with Crippen molar-refractivity contribution in [3.63, 3.8) is 0 Å². The van der Waals surface area contributed by atoms with Gasteiger partial charge in [-0.3, -0.25) is 0 Å². The van der Waals surface area contributed by atoms with Gasteiger partial charge in [0.25, 0.3) is 0 Å². The smallest absolute Gasteiger partial charge is 0.116 e. The Bertz CT molecular complexity index is 164. The van der Waals surface area contributed by atoms with Crippen molar-refractivity contribution in [1.82, 2.24) is 0 Å². The predicted molar refractivity (Wildman–Crippen MR) is 47.9 cm³/mol. The van der Waals surface area contributed by atoms with Gasteiger partial charge >= 0.3 is 0 Å². The van der Waals surface area contributed by atoms with E-state index < -0.39 is 0 Å². The summed E-state index contributed by atoms with van der Waals surface area (Å²) in [5.74, 6) is 1.32. The van der Waals surface area contributed by atoms with Crippen molar-refractivity contribution < 1.29 is 4.74 Å². The summed E-state index contributed by atoms with van der Waals surface area (Å²) in [4.78, 5) is 0. The SMILES string of the molecule is COC(/C=C(\C)N)=C/C(C)C. The first-order valence-corrected chi connectivity index (χ1v) is 3.76. The molecule has 0 amide bonds. The lowest BCUT2D eigenvalue weighted by molar-refractivity contribution is 0.303. The Morgan fingerprint density at radius 2 is 2.00 bits per heavy atom. The quantitative estimate of drug-likeness (QED) is 0.500. The van der Waals surface area contributed by atoms with E-state index in [9.17, 15) is 0 Å². The van der Waals surface area contributed by atoms with Crippen LogP contribution in [0.1, 0.15) is 20.8 Å². The highest BCUT2D eigenvalue weighted by Crippen LogP contribution is 2.05. The van der Waals surface area contributed by atoms with E-state index in [0.29, 0.717) is 5.92 Å². The van der Waals surface area contributed by atoms with E-state index in [4.69, 9.17) is 10.5 Å². The zero-order valence-corrected chi connectivity index (χ0v) is 7.72. The molecule has 0 heterocycles. The van der Waals surface area contributed by atoms with Crippen molar-refractivity contribution in [3.8, 4) is 0 Å². The summed E-state index contributed by atoms with van der Waals surface area (Å²) < 4.78 is 5.08. The van der Waals surface area contributed by atoms with Gasteiger partial charge in [0.05, 0.1) is 7.11 Å². The molecule has 0 bridgehead atoms. The van der Waals surface area contributed by atoms with E-state index in [1.165, 1.54) is 0 Å². The summed E-state index contributed by atoms with van der Waals surface area (Å²) in [6.45, 7) is 6.03. The van der Waals surface area contributed by atoms with E-state index in [1.807, 2.05) is 19.1 Å². The Hall–Kier alpha value is -0.920. The Labute approximate surface area is 68.7 Å². The molecule has 0 aromatic carbocycles. The standard InChI is InChI=1S/C9H17NO/c1-7(2)5-9(11-4)6-8(3)10/h5-7H,10H2,1-4H3/b8-6+,9-5+. The Balaban J connectivity index is 4.29. The van der Waals surface area contributed by atoms with Crippen LogP contribution < -0.4 is 5.73 Å². The summed E-state index contributed by atoms with van der Waals surface area (Å²) in [6.07, 6.45) is 3.84. The number of allylic oxidation sites excluding steroid dienone is 3. The van der Waals surface area contributed by atoms with Crippen LogP contribution in [0.25, 0.3) is 0 Å². The molecule has 0 aliphatic heterocycles. The minimum absolute atomic E-state index is 0.487. The second-order valence-electron chi connectivity index (χ2n) is 2.91. The highest BCUT2D eigenvalue weighted by atomic mass is 16.5. The van der Waals surface area contributed by atoms with Gasteiger partial charge in [0.15, 0.2) is 0 Å². The van der Waals surface area contributed by atoms with Crippen LogP contribution in [0.2, 0.25) is 0 Å². The molecule has 0 rings (SSSR count). The highest BCUT2D eigenvalue weighted by Gasteiger charge is 1.93. The van der Waals surface area contributed by atoms with Crippen molar-refractivity contribution in [2.24, 2.45) is 11.7 Å². The van der Waals surface area contributed by atoms with E-state index in [0.717, 1.165) is 11.5 Å². The fourth-order valence-corrected chi connectivity index (χ4v) is 0.728. The van der Waals surface area contributed by atoms with Crippen LogP contribution in [0.15, 0.2) is 23.6 Å². The van der Waals surface area contributed by atoms with Crippen LogP contribution in [0, 0.1) is 5.92 Å². The maximum Gasteiger partial charge on any atom is 0.116 e. The van der Waals surface area contributed by atoms with Gasteiger partial charge in [-0.1, -0.05) is 13.8 Å². The molecular formula is C9H17NO. The molecule has 0 aromatic heterocycles. The molecule has 0 aliphatic rings. The topological polar surface area (TPSA) is 35.2 Å². The third kappa shape index (κ3) is 5.52. The van der Waals surface area contributed by atoms with Crippen LogP contribution in [-0.4, -0.2) is 7.11 Å². The molecule has 0 unspecified atom stereocenters. The van der Waals surface area contributed by atoms with Crippen LogP contribution in [0.5, 0.6) is 0 Å². The molecule has 2 nitrogen and oxygen atoms in total. The Kier molecular flexibility index (Phi) is 4.42. The van der Waals surface area contributed by atoms with Crippen LogP contribution in [0.4, 0.5) is 0 Å². The van der Waals surface area contributed by atoms with E-state index in [-0.39, 0.29) is 0 Å². The zero-order valence-electron chi connectivity index (χ0n) is 7.72. The van der Waals surface area contributed by atoms with Gasteiger partial charge in [-0.05, 0) is 25.0 Å². The average Bonchev–Trinajstić information content (AvgIpc) is 1.84. The normalized spacial score (nSPS) is 13.9.